The standard InChI is InChI=1S/C20H19N5O.ClH/c1-2-7-16-15(5-1)6-3-8-17(16)18-23-19(26-24-18)20(9-12-21-13-10-20)25-14-4-11-22-25;/h1-8,11,14,21H,9-10,12-13H2;1H. The third kappa shape index (κ3) is 2.91. The van der Waals surface area contributed by atoms with Crippen LogP contribution in [0.3, 0.4) is 0 Å². The fraction of sp³-hybridized carbons (Fsp3) is 0.250. The highest BCUT2D eigenvalue weighted by Crippen LogP contribution is 2.35. The zero-order chi connectivity index (χ0) is 17.4. The lowest BCUT2D eigenvalue weighted by molar-refractivity contribution is 0.172. The third-order valence-electron chi connectivity index (χ3n) is 5.23. The lowest BCUT2D eigenvalue weighted by Crippen LogP contribution is -2.45. The third-order valence-corrected chi connectivity index (χ3v) is 5.23. The van der Waals surface area contributed by atoms with Crippen LogP contribution in [-0.4, -0.2) is 33.0 Å². The minimum Gasteiger partial charge on any atom is -0.336 e. The lowest BCUT2D eigenvalue weighted by atomic mass is 9.88. The van der Waals surface area contributed by atoms with Gasteiger partial charge in [0.25, 0.3) is 5.89 Å². The van der Waals surface area contributed by atoms with E-state index in [0.717, 1.165) is 36.9 Å². The molecule has 4 aromatic rings. The van der Waals surface area contributed by atoms with Crippen LogP contribution in [0.15, 0.2) is 65.4 Å². The highest BCUT2D eigenvalue weighted by molar-refractivity contribution is 5.94. The van der Waals surface area contributed by atoms with Gasteiger partial charge in [0, 0.05) is 18.0 Å². The molecule has 3 heterocycles. The molecule has 1 aliphatic rings. The summed E-state index contributed by atoms with van der Waals surface area (Å²) in [6.45, 7) is 1.79. The van der Waals surface area contributed by atoms with Gasteiger partial charge in [-0.15, -0.1) is 12.4 Å². The second-order valence-corrected chi connectivity index (χ2v) is 6.68. The molecule has 1 N–H and O–H groups in total. The molecule has 1 fully saturated rings. The minimum atomic E-state index is -0.384. The summed E-state index contributed by atoms with van der Waals surface area (Å²) in [4.78, 5) is 4.82. The zero-order valence-electron chi connectivity index (χ0n) is 14.7. The van der Waals surface area contributed by atoms with Gasteiger partial charge in [0.05, 0.1) is 0 Å². The van der Waals surface area contributed by atoms with Crippen LogP contribution >= 0.6 is 12.4 Å². The van der Waals surface area contributed by atoms with Crippen LogP contribution in [-0.2, 0) is 5.54 Å². The van der Waals surface area contributed by atoms with Crippen LogP contribution in [0.25, 0.3) is 22.2 Å². The largest absolute Gasteiger partial charge is 0.336 e. The van der Waals surface area contributed by atoms with Gasteiger partial charge in [0.15, 0.2) is 0 Å². The fourth-order valence-electron chi connectivity index (χ4n) is 3.85. The van der Waals surface area contributed by atoms with Crippen LogP contribution in [0.5, 0.6) is 0 Å². The Morgan fingerprint density at radius 2 is 1.81 bits per heavy atom. The molecule has 1 saturated heterocycles. The average molecular weight is 382 g/mol. The van der Waals surface area contributed by atoms with E-state index in [4.69, 9.17) is 9.51 Å². The maximum atomic E-state index is 5.78. The number of nitrogens with one attached hydrogen (secondary N) is 1. The monoisotopic (exact) mass is 381 g/mol. The van der Waals surface area contributed by atoms with Crippen molar-refractivity contribution in [2.45, 2.75) is 18.4 Å². The van der Waals surface area contributed by atoms with Crippen molar-refractivity contribution in [3.05, 3.63) is 66.8 Å². The van der Waals surface area contributed by atoms with Crippen LogP contribution in [0.4, 0.5) is 0 Å². The molecule has 0 amide bonds. The van der Waals surface area contributed by atoms with E-state index in [2.05, 4.69) is 33.8 Å². The second-order valence-electron chi connectivity index (χ2n) is 6.68. The van der Waals surface area contributed by atoms with Crippen LogP contribution in [0.1, 0.15) is 18.7 Å². The highest BCUT2D eigenvalue weighted by atomic mass is 35.5. The molecule has 27 heavy (non-hydrogen) atoms. The Morgan fingerprint density at radius 1 is 1.00 bits per heavy atom. The number of nitrogens with zero attached hydrogens (tertiary/aromatic N) is 4. The molecule has 0 saturated carbocycles. The first-order valence-electron chi connectivity index (χ1n) is 8.90. The van der Waals surface area contributed by atoms with E-state index in [1.54, 1.807) is 6.20 Å². The molecule has 0 unspecified atom stereocenters. The average Bonchev–Trinajstić information content (AvgIpc) is 3.41. The molecule has 2 aromatic heterocycles. The van der Waals surface area contributed by atoms with Gasteiger partial charge in [-0.1, -0.05) is 47.6 Å². The van der Waals surface area contributed by atoms with Gasteiger partial charge in [-0.05, 0) is 42.8 Å². The van der Waals surface area contributed by atoms with Gasteiger partial charge in [-0.2, -0.15) is 10.1 Å². The van der Waals surface area contributed by atoms with Crippen molar-refractivity contribution in [2.24, 2.45) is 0 Å². The molecule has 6 nitrogen and oxygen atoms in total. The molecule has 0 bridgehead atoms. The molecule has 0 radical (unpaired) electrons. The Kier molecular flexibility index (Phi) is 4.68. The first-order valence-corrected chi connectivity index (χ1v) is 8.90. The summed E-state index contributed by atoms with van der Waals surface area (Å²) < 4.78 is 7.75. The van der Waals surface area contributed by atoms with Crippen LogP contribution in [0.2, 0.25) is 0 Å². The molecular weight excluding hydrogens is 362 g/mol. The summed E-state index contributed by atoms with van der Waals surface area (Å²) in [6.07, 6.45) is 5.51. The van der Waals surface area contributed by atoms with E-state index in [0.29, 0.717) is 11.7 Å². The normalized spacial score (nSPS) is 16.1. The Hall–Kier alpha value is -2.70. The molecule has 138 valence electrons. The van der Waals surface area contributed by atoms with E-state index >= 15 is 0 Å². The maximum Gasteiger partial charge on any atom is 0.255 e. The molecule has 1 aliphatic heterocycles. The van der Waals surface area contributed by atoms with E-state index in [1.807, 2.05) is 41.2 Å². The van der Waals surface area contributed by atoms with Gasteiger partial charge in [-0.3, -0.25) is 4.68 Å². The summed E-state index contributed by atoms with van der Waals surface area (Å²) in [5.74, 6) is 1.26. The predicted octanol–water partition coefficient (Wildman–Crippen LogP) is 3.64. The minimum absolute atomic E-state index is 0. The van der Waals surface area contributed by atoms with Crippen molar-refractivity contribution in [1.82, 2.24) is 25.2 Å². The predicted molar refractivity (Wildman–Crippen MR) is 106 cm³/mol. The van der Waals surface area contributed by atoms with E-state index in [9.17, 15) is 0 Å². The van der Waals surface area contributed by atoms with E-state index in [-0.39, 0.29) is 17.9 Å². The zero-order valence-corrected chi connectivity index (χ0v) is 15.5. The van der Waals surface area contributed by atoms with Gasteiger partial charge < -0.3 is 9.84 Å². The second kappa shape index (κ2) is 7.13. The van der Waals surface area contributed by atoms with Gasteiger partial charge in [-0.25, -0.2) is 0 Å². The summed E-state index contributed by atoms with van der Waals surface area (Å²) in [5.41, 5.74) is 0.604. The van der Waals surface area contributed by atoms with Gasteiger partial charge >= 0.3 is 0 Å². The summed E-state index contributed by atoms with van der Waals surface area (Å²) in [5, 5.41) is 14.5. The topological polar surface area (TPSA) is 68.8 Å². The van der Waals surface area contributed by atoms with Crippen molar-refractivity contribution in [1.29, 1.82) is 0 Å². The fourth-order valence-corrected chi connectivity index (χ4v) is 3.85. The summed E-state index contributed by atoms with van der Waals surface area (Å²) in [7, 11) is 0. The first-order chi connectivity index (χ1) is 12.9. The molecule has 5 rings (SSSR count). The van der Waals surface area contributed by atoms with Crippen LogP contribution < -0.4 is 5.32 Å². The number of benzene rings is 2. The number of aromatic nitrogens is 4. The summed E-state index contributed by atoms with van der Waals surface area (Å²) >= 11 is 0. The molecule has 0 spiro atoms. The molecule has 2 aromatic carbocycles. The molecule has 0 atom stereocenters. The SMILES string of the molecule is Cl.c1ccc2c(-c3noc(C4(n5cccn5)CCNCC4)n3)cccc2c1. The number of halogens is 1. The lowest BCUT2D eigenvalue weighted by Gasteiger charge is -2.34. The number of rotatable bonds is 3. The van der Waals surface area contributed by atoms with Gasteiger partial charge in [0.2, 0.25) is 5.82 Å². The molecule has 7 heteroatoms. The summed E-state index contributed by atoms with van der Waals surface area (Å²) in [6, 6.07) is 16.4. The van der Waals surface area contributed by atoms with Crippen molar-refractivity contribution in [2.75, 3.05) is 13.1 Å². The highest BCUT2D eigenvalue weighted by Gasteiger charge is 2.41. The number of fused-ring (bicyclic) bond motifs is 1. The Morgan fingerprint density at radius 3 is 2.63 bits per heavy atom. The quantitative estimate of drug-likeness (QED) is 0.586. The van der Waals surface area contributed by atoms with Crippen molar-refractivity contribution >= 4 is 23.2 Å². The number of hydrogen-bond donors (Lipinski definition) is 1. The Balaban J connectivity index is 0.00000180. The Labute approximate surface area is 163 Å². The number of hydrogen-bond acceptors (Lipinski definition) is 5. The van der Waals surface area contributed by atoms with E-state index in [1.165, 1.54) is 5.39 Å². The van der Waals surface area contributed by atoms with E-state index < -0.39 is 0 Å². The first kappa shape index (κ1) is 17.7. The number of piperidine rings is 1. The maximum absolute atomic E-state index is 5.78. The van der Waals surface area contributed by atoms with Crippen molar-refractivity contribution < 1.29 is 4.52 Å². The smallest absolute Gasteiger partial charge is 0.255 e. The molecule has 0 aliphatic carbocycles. The van der Waals surface area contributed by atoms with Crippen molar-refractivity contribution in [3.8, 4) is 11.4 Å². The van der Waals surface area contributed by atoms with Crippen LogP contribution in [0, 0.1) is 0 Å². The molecular formula is C20H20ClN5O. The van der Waals surface area contributed by atoms with Crippen molar-refractivity contribution in [3.63, 3.8) is 0 Å². The van der Waals surface area contributed by atoms with Gasteiger partial charge in [0.1, 0.15) is 5.54 Å². The Bertz CT molecular complexity index is 1030.